The monoisotopic (exact) mass is 392 g/mol. The normalized spacial score (nSPS) is 13.9. The molecule has 0 saturated heterocycles. The number of fused-ring (bicyclic) bond motifs is 1. The van der Waals surface area contributed by atoms with Crippen LogP contribution < -0.4 is 9.46 Å². The first kappa shape index (κ1) is 19.3. The largest absolute Gasteiger partial charge is 0.497 e. The number of methoxy groups -OCH3 is 1. The zero-order valence-corrected chi connectivity index (χ0v) is 15.8. The molecule has 0 aliphatic carbocycles. The first-order valence-electron chi connectivity index (χ1n) is 8.58. The average Bonchev–Trinajstić information content (AvgIpc) is 2.67. The van der Waals surface area contributed by atoms with Crippen LogP contribution in [0.25, 0.3) is 0 Å². The van der Waals surface area contributed by atoms with E-state index in [0.29, 0.717) is 13.1 Å². The number of ether oxygens (including phenoxy) is 1. The molecule has 0 bridgehead atoms. The molecule has 0 unspecified atom stereocenters. The van der Waals surface area contributed by atoms with Crippen LogP contribution in [0, 0.1) is 5.82 Å². The van der Waals surface area contributed by atoms with Gasteiger partial charge in [0.1, 0.15) is 11.6 Å². The lowest BCUT2D eigenvalue weighted by molar-refractivity contribution is -0.131. The van der Waals surface area contributed by atoms with E-state index in [1.807, 2.05) is 18.2 Å². The third kappa shape index (κ3) is 4.64. The summed E-state index contributed by atoms with van der Waals surface area (Å²) >= 11 is 0. The summed E-state index contributed by atoms with van der Waals surface area (Å²) < 4.78 is 44.9. The lowest BCUT2D eigenvalue weighted by Crippen LogP contribution is -2.38. The minimum atomic E-state index is -3.77. The van der Waals surface area contributed by atoms with Gasteiger partial charge in [0.05, 0.1) is 12.0 Å². The number of benzene rings is 2. The summed E-state index contributed by atoms with van der Waals surface area (Å²) in [4.78, 5) is 14.1. The van der Waals surface area contributed by atoms with Crippen molar-refractivity contribution in [2.75, 3.05) is 20.2 Å². The van der Waals surface area contributed by atoms with E-state index in [1.165, 1.54) is 17.7 Å². The van der Waals surface area contributed by atoms with Crippen molar-refractivity contribution in [3.63, 3.8) is 0 Å². The second kappa shape index (κ2) is 8.06. The van der Waals surface area contributed by atoms with Crippen molar-refractivity contribution in [3.8, 4) is 5.75 Å². The van der Waals surface area contributed by atoms with Crippen LogP contribution in [-0.4, -0.2) is 39.4 Å². The second-order valence-corrected chi connectivity index (χ2v) is 8.07. The Morgan fingerprint density at radius 1 is 1.19 bits per heavy atom. The minimum absolute atomic E-state index is 0.0139. The number of carbonyl (C=O) groups is 1. The average molecular weight is 392 g/mol. The lowest BCUT2D eigenvalue weighted by atomic mass is 9.99. The number of hydrogen-bond acceptors (Lipinski definition) is 4. The summed E-state index contributed by atoms with van der Waals surface area (Å²) in [5.41, 5.74) is 2.23. The number of amides is 1. The molecule has 2 aromatic carbocycles. The smallest absolute Gasteiger partial charge is 0.240 e. The quantitative estimate of drug-likeness (QED) is 0.817. The molecule has 0 spiro atoms. The van der Waals surface area contributed by atoms with E-state index in [2.05, 4.69) is 4.72 Å². The molecule has 0 radical (unpaired) electrons. The third-order valence-electron chi connectivity index (χ3n) is 4.53. The van der Waals surface area contributed by atoms with Crippen molar-refractivity contribution >= 4 is 15.9 Å². The van der Waals surface area contributed by atoms with E-state index in [1.54, 1.807) is 12.0 Å². The summed E-state index contributed by atoms with van der Waals surface area (Å²) in [5.74, 6) is 0.117. The van der Waals surface area contributed by atoms with Crippen LogP contribution in [-0.2, 0) is 27.8 Å². The molecule has 27 heavy (non-hydrogen) atoms. The highest BCUT2D eigenvalue weighted by Crippen LogP contribution is 2.24. The molecule has 0 fully saturated rings. The summed E-state index contributed by atoms with van der Waals surface area (Å²) in [5, 5.41) is 0. The van der Waals surface area contributed by atoms with E-state index in [9.17, 15) is 17.6 Å². The van der Waals surface area contributed by atoms with Crippen LogP contribution in [0.5, 0.6) is 5.75 Å². The summed E-state index contributed by atoms with van der Waals surface area (Å²) in [6, 6.07) is 10.4. The standard InChI is InChI=1S/C19H21FN2O4S/c1-26-17-5-2-14-9-11-22(13-15(14)12-17)19(23)8-10-21-27(24,25)18-6-3-16(20)4-7-18/h2-7,12,21H,8-11,13H2,1H3. The summed E-state index contributed by atoms with van der Waals surface area (Å²) in [6.07, 6.45) is 0.812. The molecule has 144 valence electrons. The van der Waals surface area contributed by atoms with Gasteiger partial charge in [-0.05, 0) is 53.9 Å². The Morgan fingerprint density at radius 2 is 1.93 bits per heavy atom. The molecule has 3 rings (SSSR count). The van der Waals surface area contributed by atoms with E-state index in [4.69, 9.17) is 4.74 Å². The van der Waals surface area contributed by atoms with Crippen molar-refractivity contribution in [1.82, 2.24) is 9.62 Å². The van der Waals surface area contributed by atoms with Crippen molar-refractivity contribution in [3.05, 3.63) is 59.4 Å². The Hall–Kier alpha value is -2.45. The molecule has 6 nitrogen and oxygen atoms in total. The molecule has 2 aromatic rings. The van der Waals surface area contributed by atoms with Gasteiger partial charge in [0.15, 0.2) is 0 Å². The van der Waals surface area contributed by atoms with Crippen LogP contribution in [0.4, 0.5) is 4.39 Å². The Balaban J connectivity index is 1.56. The molecule has 8 heteroatoms. The minimum Gasteiger partial charge on any atom is -0.497 e. The highest BCUT2D eigenvalue weighted by molar-refractivity contribution is 7.89. The Labute approximate surface area is 158 Å². The number of halogens is 1. The maximum atomic E-state index is 12.9. The molecule has 1 aliphatic rings. The van der Waals surface area contributed by atoms with Crippen molar-refractivity contribution in [2.45, 2.75) is 24.3 Å². The number of nitrogens with zero attached hydrogens (tertiary/aromatic N) is 1. The van der Waals surface area contributed by atoms with Gasteiger partial charge in [-0.25, -0.2) is 17.5 Å². The molecule has 0 aromatic heterocycles. The van der Waals surface area contributed by atoms with Gasteiger partial charge >= 0.3 is 0 Å². The fraction of sp³-hybridized carbons (Fsp3) is 0.316. The maximum absolute atomic E-state index is 12.9. The van der Waals surface area contributed by atoms with Gasteiger partial charge in [-0.15, -0.1) is 0 Å². The van der Waals surface area contributed by atoms with Crippen LogP contribution >= 0.6 is 0 Å². The molecule has 0 saturated carbocycles. The Morgan fingerprint density at radius 3 is 2.63 bits per heavy atom. The van der Waals surface area contributed by atoms with Gasteiger partial charge < -0.3 is 9.64 Å². The highest BCUT2D eigenvalue weighted by Gasteiger charge is 2.22. The van der Waals surface area contributed by atoms with Gasteiger partial charge in [-0.3, -0.25) is 4.79 Å². The van der Waals surface area contributed by atoms with Crippen LogP contribution in [0.1, 0.15) is 17.5 Å². The molecule has 1 N–H and O–H groups in total. The maximum Gasteiger partial charge on any atom is 0.240 e. The van der Waals surface area contributed by atoms with Gasteiger partial charge in [-0.2, -0.15) is 0 Å². The predicted octanol–water partition coefficient (Wildman–Crippen LogP) is 2.09. The van der Waals surface area contributed by atoms with E-state index >= 15 is 0 Å². The Kier molecular flexibility index (Phi) is 5.76. The van der Waals surface area contributed by atoms with E-state index in [0.717, 1.165) is 29.9 Å². The van der Waals surface area contributed by atoms with Crippen LogP contribution in [0.3, 0.4) is 0 Å². The highest BCUT2D eigenvalue weighted by atomic mass is 32.2. The van der Waals surface area contributed by atoms with Gasteiger partial charge in [0.25, 0.3) is 0 Å². The second-order valence-electron chi connectivity index (χ2n) is 6.30. The molecule has 0 atom stereocenters. The summed E-state index contributed by atoms with van der Waals surface area (Å²) in [6.45, 7) is 1.07. The fourth-order valence-corrected chi connectivity index (χ4v) is 4.05. The zero-order chi connectivity index (χ0) is 19.4. The van der Waals surface area contributed by atoms with Gasteiger partial charge in [0.2, 0.25) is 15.9 Å². The third-order valence-corrected chi connectivity index (χ3v) is 6.01. The topological polar surface area (TPSA) is 75.7 Å². The number of rotatable bonds is 6. The van der Waals surface area contributed by atoms with Gasteiger partial charge in [0, 0.05) is 26.1 Å². The number of carbonyl (C=O) groups excluding carboxylic acids is 1. The fourth-order valence-electron chi connectivity index (χ4n) is 3.02. The Bertz CT molecular complexity index is 929. The molecule has 1 amide bonds. The molecular weight excluding hydrogens is 371 g/mol. The van der Waals surface area contributed by atoms with Crippen LogP contribution in [0.15, 0.2) is 47.4 Å². The number of hydrogen-bond donors (Lipinski definition) is 1. The van der Waals surface area contributed by atoms with Crippen molar-refractivity contribution in [1.29, 1.82) is 0 Å². The summed E-state index contributed by atoms with van der Waals surface area (Å²) in [7, 11) is -2.17. The lowest BCUT2D eigenvalue weighted by Gasteiger charge is -2.29. The van der Waals surface area contributed by atoms with Crippen molar-refractivity contribution < 1.29 is 22.3 Å². The number of sulfonamides is 1. The van der Waals surface area contributed by atoms with Crippen LogP contribution in [0.2, 0.25) is 0 Å². The van der Waals surface area contributed by atoms with Crippen molar-refractivity contribution in [2.24, 2.45) is 0 Å². The zero-order valence-electron chi connectivity index (χ0n) is 14.9. The first-order chi connectivity index (χ1) is 12.9. The van der Waals surface area contributed by atoms with Gasteiger partial charge in [-0.1, -0.05) is 6.07 Å². The SMILES string of the molecule is COc1ccc2c(c1)CN(C(=O)CCNS(=O)(=O)c1ccc(F)cc1)CC2. The predicted molar refractivity (Wildman–Crippen MR) is 98.3 cm³/mol. The molecule has 1 aliphatic heterocycles. The van der Waals surface area contributed by atoms with E-state index < -0.39 is 15.8 Å². The number of nitrogens with one attached hydrogen (secondary N) is 1. The molecular formula is C19H21FN2O4S. The van der Waals surface area contributed by atoms with E-state index in [-0.39, 0.29) is 23.8 Å². The molecule has 1 heterocycles. The first-order valence-corrected chi connectivity index (χ1v) is 10.1.